The quantitative estimate of drug-likeness (QED) is 0.434. The normalized spacial score (nSPS) is 11.6. The van der Waals surface area contributed by atoms with Gasteiger partial charge in [-0.05, 0) is 42.8 Å². The van der Waals surface area contributed by atoms with Crippen LogP contribution >= 0.6 is 0 Å². The zero-order valence-electron chi connectivity index (χ0n) is 15.9. The Labute approximate surface area is 167 Å². The number of aromatic nitrogens is 3. The monoisotopic (exact) mass is 378 g/mol. The van der Waals surface area contributed by atoms with Crippen LogP contribution in [0.15, 0.2) is 95.0 Å². The minimum Gasteiger partial charge on any atom is -0.315 e. The summed E-state index contributed by atoms with van der Waals surface area (Å²) < 4.78 is 3.43. The predicted molar refractivity (Wildman–Crippen MR) is 117 cm³/mol. The summed E-state index contributed by atoms with van der Waals surface area (Å²) in [7, 11) is 0. The zero-order chi connectivity index (χ0) is 19.8. The molecule has 0 saturated heterocycles. The molecule has 0 atom stereocenters. The molecule has 140 valence electrons. The fourth-order valence-corrected chi connectivity index (χ4v) is 3.61. The Morgan fingerprint density at radius 2 is 1.69 bits per heavy atom. The zero-order valence-corrected chi connectivity index (χ0v) is 15.9. The third-order valence-electron chi connectivity index (χ3n) is 5.02. The molecule has 0 radical (unpaired) electrons. The molecule has 0 aliphatic heterocycles. The van der Waals surface area contributed by atoms with Crippen LogP contribution in [-0.4, -0.2) is 20.3 Å². The largest absolute Gasteiger partial charge is 0.315 e. The van der Waals surface area contributed by atoms with Crippen LogP contribution < -0.4 is 5.56 Å². The van der Waals surface area contributed by atoms with E-state index in [2.05, 4.69) is 38.8 Å². The van der Waals surface area contributed by atoms with E-state index in [9.17, 15) is 4.79 Å². The first-order valence-corrected chi connectivity index (χ1v) is 9.40. The second kappa shape index (κ2) is 6.87. The molecule has 0 aliphatic rings. The molecule has 0 N–H and O–H groups in total. The number of hydrogen-bond acceptors (Lipinski definition) is 3. The van der Waals surface area contributed by atoms with Gasteiger partial charge in [0.1, 0.15) is 5.82 Å². The van der Waals surface area contributed by atoms with Crippen LogP contribution in [0, 0.1) is 6.92 Å². The first-order chi connectivity index (χ1) is 14.2. The van der Waals surface area contributed by atoms with E-state index in [0.29, 0.717) is 16.7 Å². The van der Waals surface area contributed by atoms with Crippen molar-refractivity contribution in [3.63, 3.8) is 0 Å². The molecule has 5 rings (SSSR count). The van der Waals surface area contributed by atoms with Crippen LogP contribution in [0.25, 0.3) is 27.5 Å². The average Bonchev–Trinajstić information content (AvgIpc) is 3.13. The summed E-state index contributed by atoms with van der Waals surface area (Å²) in [5, 5.41) is 5.08. The van der Waals surface area contributed by atoms with E-state index in [1.807, 2.05) is 54.7 Å². The topological polar surface area (TPSA) is 51.7 Å². The van der Waals surface area contributed by atoms with Gasteiger partial charge in [-0.3, -0.25) is 4.79 Å². The predicted octanol–water partition coefficient (Wildman–Crippen LogP) is 4.51. The van der Waals surface area contributed by atoms with Crippen LogP contribution in [0.2, 0.25) is 0 Å². The Bertz CT molecular complexity index is 1430. The lowest BCUT2D eigenvalue weighted by atomic mass is 10.1. The molecule has 2 aromatic carbocycles. The van der Waals surface area contributed by atoms with Crippen molar-refractivity contribution in [2.24, 2.45) is 5.10 Å². The van der Waals surface area contributed by atoms with Gasteiger partial charge in [-0.25, -0.2) is 4.98 Å². The molecule has 3 aromatic heterocycles. The Hall–Kier alpha value is -3.99. The average molecular weight is 378 g/mol. The van der Waals surface area contributed by atoms with E-state index in [1.54, 1.807) is 19.2 Å². The maximum Gasteiger partial charge on any atom is 0.282 e. The third-order valence-corrected chi connectivity index (χ3v) is 5.02. The van der Waals surface area contributed by atoms with Crippen molar-refractivity contribution < 1.29 is 0 Å². The van der Waals surface area contributed by atoms with Gasteiger partial charge in [-0.2, -0.15) is 9.78 Å². The number of benzene rings is 2. The van der Waals surface area contributed by atoms with Crippen LogP contribution in [0.1, 0.15) is 11.5 Å². The van der Waals surface area contributed by atoms with Crippen LogP contribution in [0.4, 0.5) is 0 Å². The Kier molecular flexibility index (Phi) is 4.06. The molecule has 5 nitrogen and oxygen atoms in total. The number of para-hydroxylation sites is 1. The lowest BCUT2D eigenvalue weighted by molar-refractivity contribution is 0.770. The molecule has 0 spiro atoms. The van der Waals surface area contributed by atoms with Gasteiger partial charge in [0, 0.05) is 17.3 Å². The molecule has 0 saturated carbocycles. The highest BCUT2D eigenvalue weighted by Gasteiger charge is 2.11. The number of aryl methyl sites for hydroxylation is 1. The number of pyridine rings is 1. The number of hydrogen-bond donors (Lipinski definition) is 0. The summed E-state index contributed by atoms with van der Waals surface area (Å²) >= 11 is 0. The molecule has 0 amide bonds. The summed E-state index contributed by atoms with van der Waals surface area (Å²) in [6.45, 7) is 1.79. The minimum atomic E-state index is -0.175. The van der Waals surface area contributed by atoms with E-state index in [-0.39, 0.29) is 5.56 Å². The summed E-state index contributed by atoms with van der Waals surface area (Å²) in [6.07, 6.45) is 3.73. The fourth-order valence-electron chi connectivity index (χ4n) is 3.61. The first-order valence-electron chi connectivity index (χ1n) is 9.40. The lowest BCUT2D eigenvalue weighted by Gasteiger charge is -2.06. The van der Waals surface area contributed by atoms with Gasteiger partial charge in [0.25, 0.3) is 5.56 Å². The van der Waals surface area contributed by atoms with Gasteiger partial charge in [0.2, 0.25) is 0 Å². The molecule has 0 fully saturated rings. The van der Waals surface area contributed by atoms with Gasteiger partial charge in [0.15, 0.2) is 0 Å². The van der Waals surface area contributed by atoms with Crippen LogP contribution in [0.3, 0.4) is 0 Å². The van der Waals surface area contributed by atoms with E-state index in [4.69, 9.17) is 0 Å². The van der Waals surface area contributed by atoms with E-state index in [0.717, 1.165) is 22.3 Å². The van der Waals surface area contributed by atoms with Crippen LogP contribution in [-0.2, 0) is 0 Å². The summed E-state index contributed by atoms with van der Waals surface area (Å²) in [6, 6.07) is 25.7. The van der Waals surface area contributed by atoms with Gasteiger partial charge in [-0.15, -0.1) is 0 Å². The molecule has 3 heterocycles. The summed E-state index contributed by atoms with van der Waals surface area (Å²) in [5.74, 6) is 0.548. The van der Waals surface area contributed by atoms with E-state index < -0.39 is 0 Å². The van der Waals surface area contributed by atoms with Gasteiger partial charge in [-0.1, -0.05) is 48.5 Å². The van der Waals surface area contributed by atoms with Gasteiger partial charge in [0.05, 0.1) is 22.8 Å². The highest BCUT2D eigenvalue weighted by molar-refractivity contribution is 5.92. The SMILES string of the molecule is Cc1nc2ccccc2c(=O)n1/N=C/c1c(-c2ccccc2)cc2ccccn12. The van der Waals surface area contributed by atoms with Crippen molar-refractivity contribution in [1.29, 1.82) is 0 Å². The number of nitrogens with zero attached hydrogens (tertiary/aromatic N) is 4. The molecule has 0 unspecified atom stereocenters. The molecule has 5 aromatic rings. The maximum atomic E-state index is 12.9. The Morgan fingerprint density at radius 3 is 2.55 bits per heavy atom. The first kappa shape index (κ1) is 17.1. The van der Waals surface area contributed by atoms with E-state index in [1.165, 1.54) is 4.68 Å². The molecule has 0 bridgehead atoms. The smallest absolute Gasteiger partial charge is 0.282 e. The van der Waals surface area contributed by atoms with Gasteiger partial charge < -0.3 is 4.40 Å². The van der Waals surface area contributed by atoms with Crippen molar-refractivity contribution in [3.05, 3.63) is 107 Å². The maximum absolute atomic E-state index is 12.9. The second-order valence-corrected chi connectivity index (χ2v) is 6.84. The second-order valence-electron chi connectivity index (χ2n) is 6.84. The molecule has 29 heavy (non-hydrogen) atoms. The molecule has 5 heteroatoms. The third kappa shape index (κ3) is 2.93. The summed E-state index contributed by atoms with van der Waals surface area (Å²) in [4.78, 5) is 17.5. The Balaban J connectivity index is 1.71. The molecular weight excluding hydrogens is 360 g/mol. The van der Waals surface area contributed by atoms with Crippen molar-refractivity contribution in [2.45, 2.75) is 6.92 Å². The van der Waals surface area contributed by atoms with Crippen molar-refractivity contribution in [3.8, 4) is 11.1 Å². The van der Waals surface area contributed by atoms with Gasteiger partial charge >= 0.3 is 0 Å². The highest BCUT2D eigenvalue weighted by Crippen LogP contribution is 2.26. The van der Waals surface area contributed by atoms with E-state index >= 15 is 0 Å². The molecular formula is C24H18N4O. The molecule has 0 aliphatic carbocycles. The Morgan fingerprint density at radius 1 is 0.931 bits per heavy atom. The minimum absolute atomic E-state index is 0.175. The summed E-state index contributed by atoms with van der Waals surface area (Å²) in [5.41, 5.74) is 4.63. The standard InChI is InChI=1S/C24H18N4O/c1-17-26-22-13-6-5-12-20(22)24(29)28(17)25-16-23-21(18-9-3-2-4-10-18)15-19-11-7-8-14-27(19)23/h2-16H,1H3/b25-16+. The van der Waals surface area contributed by atoms with Crippen molar-refractivity contribution >= 4 is 22.6 Å². The fraction of sp³-hybridized carbons (Fsp3) is 0.0417. The van der Waals surface area contributed by atoms with Crippen molar-refractivity contribution in [1.82, 2.24) is 14.1 Å². The van der Waals surface area contributed by atoms with Crippen molar-refractivity contribution in [2.75, 3.05) is 0 Å². The lowest BCUT2D eigenvalue weighted by Crippen LogP contribution is -2.20. The number of fused-ring (bicyclic) bond motifs is 2. The highest BCUT2D eigenvalue weighted by atomic mass is 16.1. The number of rotatable bonds is 3. The van der Waals surface area contributed by atoms with Crippen LogP contribution in [0.5, 0.6) is 0 Å².